The first-order chi connectivity index (χ1) is 9.22. The van der Waals surface area contributed by atoms with Crippen LogP contribution in [0, 0.1) is 0 Å². The van der Waals surface area contributed by atoms with Gasteiger partial charge in [0.15, 0.2) is 0 Å². The first-order valence-corrected chi connectivity index (χ1v) is 6.78. The highest BCUT2D eigenvalue weighted by atomic mass is 35.5. The van der Waals surface area contributed by atoms with Gasteiger partial charge in [0.2, 0.25) is 11.2 Å². The molecule has 6 nitrogen and oxygen atoms in total. The molecule has 0 radical (unpaired) electrons. The van der Waals surface area contributed by atoms with E-state index in [1.807, 2.05) is 0 Å². The average molecular weight is 281 g/mol. The largest absolute Gasteiger partial charge is 0.351 e. The van der Waals surface area contributed by atoms with Crippen LogP contribution in [0.1, 0.15) is 33.1 Å². The van der Waals surface area contributed by atoms with Crippen LogP contribution in [-0.4, -0.2) is 30.8 Å². The van der Waals surface area contributed by atoms with Crippen LogP contribution in [0.15, 0.2) is 18.5 Å². The number of halogens is 1. The van der Waals surface area contributed by atoms with Crippen molar-refractivity contribution < 1.29 is 0 Å². The van der Waals surface area contributed by atoms with Crippen molar-refractivity contribution in [1.29, 1.82) is 0 Å². The van der Waals surface area contributed by atoms with E-state index in [1.54, 1.807) is 23.1 Å². The summed E-state index contributed by atoms with van der Waals surface area (Å²) in [5, 5.41) is 7.53. The van der Waals surface area contributed by atoms with Gasteiger partial charge in [0.05, 0.1) is 0 Å². The summed E-state index contributed by atoms with van der Waals surface area (Å²) in [6, 6.07) is 2.14. The summed E-state index contributed by atoms with van der Waals surface area (Å²) in [4.78, 5) is 12.5. The fourth-order valence-corrected chi connectivity index (χ4v) is 1.96. The summed E-state index contributed by atoms with van der Waals surface area (Å²) in [5.41, 5.74) is 0. The van der Waals surface area contributed by atoms with E-state index >= 15 is 0 Å². The van der Waals surface area contributed by atoms with Crippen molar-refractivity contribution in [3.8, 4) is 5.95 Å². The quantitative estimate of drug-likeness (QED) is 0.881. The van der Waals surface area contributed by atoms with E-state index in [-0.39, 0.29) is 5.28 Å². The van der Waals surface area contributed by atoms with Crippen molar-refractivity contribution in [2.45, 2.75) is 39.2 Å². The molecule has 0 aliphatic carbocycles. The predicted octanol–water partition coefficient (Wildman–Crippen LogP) is 2.70. The van der Waals surface area contributed by atoms with Crippen LogP contribution in [0.25, 0.3) is 5.95 Å². The fourth-order valence-electron chi connectivity index (χ4n) is 1.80. The smallest absolute Gasteiger partial charge is 0.256 e. The van der Waals surface area contributed by atoms with E-state index in [0.717, 1.165) is 19.3 Å². The summed E-state index contributed by atoms with van der Waals surface area (Å²) in [5.74, 6) is 0.907. The maximum absolute atomic E-state index is 5.93. The molecule has 1 atom stereocenters. The van der Waals surface area contributed by atoms with Gasteiger partial charge in [-0.2, -0.15) is 20.1 Å². The van der Waals surface area contributed by atoms with E-state index in [1.165, 1.54) is 0 Å². The minimum atomic E-state index is 0.161. The number of rotatable bonds is 6. The Bertz CT molecular complexity index is 513. The Labute approximate surface area is 117 Å². The summed E-state index contributed by atoms with van der Waals surface area (Å²) in [6.07, 6.45) is 6.61. The second kappa shape index (κ2) is 6.47. The van der Waals surface area contributed by atoms with Crippen LogP contribution in [0.4, 0.5) is 5.95 Å². The molecule has 1 unspecified atom stereocenters. The van der Waals surface area contributed by atoms with Gasteiger partial charge in [-0.3, -0.25) is 0 Å². The second-order valence-corrected chi connectivity index (χ2v) is 4.55. The molecule has 0 aliphatic rings. The van der Waals surface area contributed by atoms with Gasteiger partial charge < -0.3 is 5.32 Å². The molecule has 19 heavy (non-hydrogen) atoms. The Morgan fingerprint density at radius 3 is 2.79 bits per heavy atom. The van der Waals surface area contributed by atoms with Crippen LogP contribution in [0.2, 0.25) is 5.28 Å². The summed E-state index contributed by atoms with van der Waals surface area (Å²) < 4.78 is 1.56. The molecule has 2 aromatic heterocycles. The zero-order valence-electron chi connectivity index (χ0n) is 11.0. The fraction of sp³-hybridized carbons (Fsp3) is 0.500. The molecule has 0 amide bonds. The molecule has 0 saturated heterocycles. The molecule has 0 saturated carbocycles. The van der Waals surface area contributed by atoms with E-state index in [0.29, 0.717) is 17.9 Å². The van der Waals surface area contributed by atoms with Crippen molar-refractivity contribution in [2.24, 2.45) is 0 Å². The maximum Gasteiger partial charge on any atom is 0.256 e. The highest BCUT2D eigenvalue weighted by molar-refractivity contribution is 6.28. The summed E-state index contributed by atoms with van der Waals surface area (Å²) in [6.45, 7) is 4.28. The zero-order valence-corrected chi connectivity index (χ0v) is 11.8. The third-order valence-electron chi connectivity index (χ3n) is 2.77. The standard InChI is InChI=1S/C12H17ClN6/c1-3-6-9(4-2)15-11-16-10(13)17-12(18-11)19-8-5-7-14-19/h5,7-9H,3-4,6H2,1-2H3,(H,15,16,17,18). The molecule has 7 heteroatoms. The molecular weight excluding hydrogens is 264 g/mol. The van der Waals surface area contributed by atoms with Crippen LogP contribution in [0.3, 0.4) is 0 Å². The zero-order chi connectivity index (χ0) is 13.7. The SMILES string of the molecule is CCCC(CC)Nc1nc(Cl)nc(-n2cccn2)n1. The van der Waals surface area contributed by atoms with Gasteiger partial charge in [0, 0.05) is 18.4 Å². The molecule has 2 rings (SSSR count). The van der Waals surface area contributed by atoms with Crippen molar-refractivity contribution in [3.63, 3.8) is 0 Å². The molecule has 2 aromatic rings. The average Bonchev–Trinajstić information content (AvgIpc) is 2.91. The predicted molar refractivity (Wildman–Crippen MR) is 74.6 cm³/mol. The van der Waals surface area contributed by atoms with Crippen LogP contribution < -0.4 is 5.32 Å². The molecule has 2 heterocycles. The maximum atomic E-state index is 5.93. The Kier molecular flexibility index (Phi) is 4.68. The van der Waals surface area contributed by atoms with Gasteiger partial charge >= 0.3 is 0 Å². The molecule has 0 aliphatic heterocycles. The molecule has 0 fully saturated rings. The Morgan fingerprint density at radius 2 is 2.16 bits per heavy atom. The van der Waals surface area contributed by atoms with Gasteiger partial charge in [-0.1, -0.05) is 20.3 Å². The highest BCUT2D eigenvalue weighted by Crippen LogP contribution is 2.12. The minimum Gasteiger partial charge on any atom is -0.351 e. The van der Waals surface area contributed by atoms with E-state index < -0.39 is 0 Å². The van der Waals surface area contributed by atoms with E-state index in [4.69, 9.17) is 11.6 Å². The van der Waals surface area contributed by atoms with E-state index in [9.17, 15) is 0 Å². The van der Waals surface area contributed by atoms with Gasteiger partial charge in [0.25, 0.3) is 5.95 Å². The first kappa shape index (κ1) is 13.7. The van der Waals surface area contributed by atoms with Crippen molar-refractivity contribution in [1.82, 2.24) is 24.7 Å². The Balaban J connectivity index is 2.21. The number of aromatic nitrogens is 5. The number of hydrogen-bond acceptors (Lipinski definition) is 5. The van der Waals surface area contributed by atoms with Crippen LogP contribution in [-0.2, 0) is 0 Å². The monoisotopic (exact) mass is 280 g/mol. The molecule has 0 bridgehead atoms. The van der Waals surface area contributed by atoms with Gasteiger partial charge in [0.1, 0.15) is 0 Å². The van der Waals surface area contributed by atoms with Crippen LogP contribution >= 0.6 is 11.6 Å². The van der Waals surface area contributed by atoms with Gasteiger partial charge in [-0.05, 0) is 30.5 Å². The molecule has 0 aromatic carbocycles. The number of nitrogens with zero attached hydrogens (tertiary/aromatic N) is 5. The third kappa shape index (κ3) is 3.64. The van der Waals surface area contributed by atoms with Crippen molar-refractivity contribution in [2.75, 3.05) is 5.32 Å². The summed E-state index contributed by atoms with van der Waals surface area (Å²) in [7, 11) is 0. The number of anilines is 1. The molecule has 0 spiro atoms. The minimum absolute atomic E-state index is 0.161. The van der Waals surface area contributed by atoms with Gasteiger partial charge in [-0.25, -0.2) is 4.68 Å². The molecular formula is C12H17ClN6. The van der Waals surface area contributed by atoms with E-state index in [2.05, 4.69) is 39.2 Å². The lowest BCUT2D eigenvalue weighted by molar-refractivity contribution is 0.616. The normalized spacial score (nSPS) is 12.4. The third-order valence-corrected chi connectivity index (χ3v) is 2.94. The Morgan fingerprint density at radius 1 is 1.32 bits per heavy atom. The van der Waals surface area contributed by atoms with Crippen molar-refractivity contribution >= 4 is 17.5 Å². The Hall–Kier alpha value is -1.69. The lowest BCUT2D eigenvalue weighted by Crippen LogP contribution is -2.20. The highest BCUT2D eigenvalue weighted by Gasteiger charge is 2.10. The lowest BCUT2D eigenvalue weighted by atomic mass is 10.1. The summed E-state index contributed by atoms with van der Waals surface area (Å²) >= 11 is 5.93. The second-order valence-electron chi connectivity index (χ2n) is 4.22. The number of hydrogen-bond donors (Lipinski definition) is 1. The lowest BCUT2D eigenvalue weighted by Gasteiger charge is -2.16. The molecule has 102 valence electrons. The first-order valence-electron chi connectivity index (χ1n) is 6.41. The topological polar surface area (TPSA) is 68.5 Å². The van der Waals surface area contributed by atoms with Crippen LogP contribution in [0.5, 0.6) is 0 Å². The van der Waals surface area contributed by atoms with Crippen molar-refractivity contribution in [3.05, 3.63) is 23.7 Å². The number of nitrogens with one attached hydrogen (secondary N) is 1. The van der Waals surface area contributed by atoms with Gasteiger partial charge in [-0.15, -0.1) is 0 Å². The molecule has 1 N–H and O–H groups in total.